The molecule has 0 aliphatic heterocycles. The highest BCUT2D eigenvalue weighted by Gasteiger charge is 2.17. The second-order valence-corrected chi connectivity index (χ2v) is 5.31. The summed E-state index contributed by atoms with van der Waals surface area (Å²) in [4.78, 5) is 15.2. The van der Waals surface area contributed by atoms with E-state index in [1.165, 1.54) is 11.8 Å². The van der Waals surface area contributed by atoms with Crippen LogP contribution in [0.5, 0.6) is 0 Å². The Kier molecular flexibility index (Phi) is 6.54. The molecule has 0 radical (unpaired) electrons. The summed E-state index contributed by atoms with van der Waals surface area (Å²) >= 11 is 4.82. The largest absolute Gasteiger partial charge is 0.480 e. The van der Waals surface area contributed by atoms with E-state index in [9.17, 15) is 4.79 Å². The molecule has 0 saturated heterocycles. The number of halogens is 1. The fourth-order valence-corrected chi connectivity index (χ4v) is 2.70. The molecule has 17 heavy (non-hydrogen) atoms. The van der Waals surface area contributed by atoms with Gasteiger partial charge >= 0.3 is 5.97 Å². The molecule has 94 valence electrons. The van der Waals surface area contributed by atoms with E-state index in [1.54, 1.807) is 6.20 Å². The predicted octanol–water partition coefficient (Wildman–Crippen LogP) is 2.39. The van der Waals surface area contributed by atoms with Crippen LogP contribution < -0.4 is 5.32 Å². The molecule has 1 atom stereocenters. The number of aromatic nitrogens is 1. The van der Waals surface area contributed by atoms with E-state index in [0.717, 1.165) is 15.9 Å². The summed E-state index contributed by atoms with van der Waals surface area (Å²) < 4.78 is 0.893. The van der Waals surface area contributed by atoms with Gasteiger partial charge in [-0.25, -0.2) is 4.98 Å². The molecule has 1 aromatic heterocycles. The summed E-state index contributed by atoms with van der Waals surface area (Å²) in [6.45, 7) is 2.72. The molecule has 0 amide bonds. The first-order valence-electron chi connectivity index (χ1n) is 5.34. The Morgan fingerprint density at radius 2 is 2.47 bits per heavy atom. The van der Waals surface area contributed by atoms with Crippen LogP contribution in [0.15, 0.2) is 27.8 Å². The van der Waals surface area contributed by atoms with E-state index in [0.29, 0.717) is 12.3 Å². The van der Waals surface area contributed by atoms with Crippen LogP contribution in [0.4, 0.5) is 0 Å². The number of carboxylic acid groups (broad SMARTS) is 1. The maximum Gasteiger partial charge on any atom is 0.321 e. The molecular weight excluding hydrogens is 304 g/mol. The first-order valence-corrected chi connectivity index (χ1v) is 7.12. The smallest absolute Gasteiger partial charge is 0.321 e. The summed E-state index contributed by atoms with van der Waals surface area (Å²) in [5.41, 5.74) is 0. The van der Waals surface area contributed by atoms with Gasteiger partial charge in [-0.1, -0.05) is 6.92 Å². The van der Waals surface area contributed by atoms with Crippen LogP contribution in [0.25, 0.3) is 0 Å². The lowest BCUT2D eigenvalue weighted by molar-refractivity contribution is -0.138. The van der Waals surface area contributed by atoms with Crippen molar-refractivity contribution in [3.8, 4) is 0 Å². The predicted molar refractivity (Wildman–Crippen MR) is 72.4 cm³/mol. The van der Waals surface area contributed by atoms with Crippen molar-refractivity contribution in [1.29, 1.82) is 0 Å². The number of thioether (sulfide) groups is 1. The molecule has 0 saturated carbocycles. The van der Waals surface area contributed by atoms with Crippen molar-refractivity contribution in [3.05, 3.63) is 22.8 Å². The molecule has 0 aliphatic carbocycles. The third-order valence-electron chi connectivity index (χ3n) is 2.05. The van der Waals surface area contributed by atoms with Gasteiger partial charge in [-0.2, -0.15) is 0 Å². The summed E-state index contributed by atoms with van der Waals surface area (Å²) in [5, 5.41) is 12.9. The molecule has 1 aromatic rings. The summed E-state index contributed by atoms with van der Waals surface area (Å²) in [7, 11) is 0. The van der Waals surface area contributed by atoms with Crippen molar-refractivity contribution >= 4 is 33.7 Å². The number of hydrogen-bond acceptors (Lipinski definition) is 4. The molecule has 0 aliphatic rings. The number of carboxylic acids is 1. The lowest BCUT2D eigenvalue weighted by Crippen LogP contribution is -2.39. The lowest BCUT2D eigenvalue weighted by Gasteiger charge is -2.13. The van der Waals surface area contributed by atoms with Crippen molar-refractivity contribution in [1.82, 2.24) is 10.3 Å². The Labute approximate surface area is 113 Å². The van der Waals surface area contributed by atoms with Gasteiger partial charge in [0.2, 0.25) is 0 Å². The number of nitrogens with one attached hydrogen (secondary N) is 1. The van der Waals surface area contributed by atoms with Gasteiger partial charge in [-0.3, -0.25) is 4.79 Å². The van der Waals surface area contributed by atoms with Gasteiger partial charge in [0.25, 0.3) is 0 Å². The van der Waals surface area contributed by atoms with E-state index >= 15 is 0 Å². The van der Waals surface area contributed by atoms with Gasteiger partial charge in [0.15, 0.2) is 0 Å². The Balaban J connectivity index is 2.52. The Bertz CT molecular complexity index is 376. The van der Waals surface area contributed by atoms with Gasteiger partial charge in [0.05, 0.1) is 0 Å². The second kappa shape index (κ2) is 7.68. The van der Waals surface area contributed by atoms with Crippen LogP contribution in [0.3, 0.4) is 0 Å². The van der Waals surface area contributed by atoms with Gasteiger partial charge in [-0.15, -0.1) is 11.8 Å². The first-order chi connectivity index (χ1) is 8.15. The van der Waals surface area contributed by atoms with Crippen LogP contribution in [-0.4, -0.2) is 34.4 Å². The van der Waals surface area contributed by atoms with E-state index in [4.69, 9.17) is 5.11 Å². The normalized spacial score (nSPS) is 12.4. The highest BCUT2D eigenvalue weighted by Crippen LogP contribution is 2.24. The number of nitrogens with zero attached hydrogens (tertiary/aromatic N) is 1. The quantitative estimate of drug-likeness (QED) is 0.756. The van der Waals surface area contributed by atoms with E-state index in [-0.39, 0.29) is 0 Å². The van der Waals surface area contributed by atoms with Gasteiger partial charge in [0.1, 0.15) is 11.1 Å². The van der Waals surface area contributed by atoms with Crippen molar-refractivity contribution in [2.75, 3.05) is 12.3 Å². The van der Waals surface area contributed by atoms with Crippen LogP contribution in [0, 0.1) is 0 Å². The third kappa shape index (κ3) is 5.06. The monoisotopic (exact) mass is 318 g/mol. The summed E-state index contributed by atoms with van der Waals surface area (Å²) in [6.07, 6.45) is 2.62. The highest BCUT2D eigenvalue weighted by molar-refractivity contribution is 9.10. The maximum atomic E-state index is 11.0. The molecule has 0 aromatic carbocycles. The first kappa shape index (κ1) is 14.5. The lowest BCUT2D eigenvalue weighted by atomic mass is 10.3. The van der Waals surface area contributed by atoms with E-state index in [1.807, 2.05) is 19.1 Å². The van der Waals surface area contributed by atoms with Crippen LogP contribution in [-0.2, 0) is 4.79 Å². The van der Waals surface area contributed by atoms with Crippen molar-refractivity contribution in [3.63, 3.8) is 0 Å². The number of rotatable bonds is 7. The van der Waals surface area contributed by atoms with Crippen molar-refractivity contribution < 1.29 is 9.90 Å². The minimum Gasteiger partial charge on any atom is -0.480 e. The fraction of sp³-hybridized carbons (Fsp3) is 0.455. The number of aliphatic carboxylic acids is 1. The molecule has 1 heterocycles. The zero-order valence-electron chi connectivity index (χ0n) is 9.52. The Hall–Kier alpha value is -0.590. The number of pyridine rings is 1. The van der Waals surface area contributed by atoms with Crippen LogP contribution in [0.2, 0.25) is 0 Å². The third-order valence-corrected chi connectivity index (χ3v) is 4.05. The average Bonchev–Trinajstić information content (AvgIpc) is 2.31. The minimum atomic E-state index is -0.821. The SMILES string of the molecule is CCCNC(CSc1ncccc1Br)C(=O)O. The maximum absolute atomic E-state index is 11.0. The number of hydrogen-bond donors (Lipinski definition) is 2. The summed E-state index contributed by atoms with van der Waals surface area (Å²) in [6, 6.07) is 3.19. The van der Waals surface area contributed by atoms with Gasteiger partial charge in [-0.05, 0) is 41.0 Å². The second-order valence-electron chi connectivity index (χ2n) is 3.45. The molecule has 2 N–H and O–H groups in total. The van der Waals surface area contributed by atoms with E-state index < -0.39 is 12.0 Å². The van der Waals surface area contributed by atoms with Crippen LogP contribution in [0.1, 0.15) is 13.3 Å². The highest BCUT2D eigenvalue weighted by atomic mass is 79.9. The molecule has 0 fully saturated rings. The molecule has 0 bridgehead atoms. The van der Waals surface area contributed by atoms with Crippen molar-refractivity contribution in [2.45, 2.75) is 24.4 Å². The van der Waals surface area contributed by atoms with Crippen LogP contribution >= 0.6 is 27.7 Å². The van der Waals surface area contributed by atoms with Gasteiger partial charge < -0.3 is 10.4 Å². The molecule has 6 heteroatoms. The zero-order chi connectivity index (χ0) is 12.7. The number of carbonyl (C=O) groups is 1. The average molecular weight is 319 g/mol. The molecule has 1 rings (SSSR count). The van der Waals surface area contributed by atoms with Crippen molar-refractivity contribution in [2.24, 2.45) is 0 Å². The fourth-order valence-electron chi connectivity index (χ4n) is 1.18. The van der Waals surface area contributed by atoms with Gasteiger partial charge in [0, 0.05) is 16.4 Å². The minimum absolute atomic E-state index is 0.463. The molecular formula is C11H15BrN2O2S. The molecule has 0 spiro atoms. The van der Waals surface area contributed by atoms with E-state index in [2.05, 4.69) is 26.2 Å². The molecule has 1 unspecified atom stereocenters. The Morgan fingerprint density at radius 1 is 1.71 bits per heavy atom. The summed E-state index contributed by atoms with van der Waals surface area (Å²) in [5.74, 6) is -0.358. The zero-order valence-corrected chi connectivity index (χ0v) is 11.9. The molecule has 4 nitrogen and oxygen atoms in total. The Morgan fingerprint density at radius 3 is 3.06 bits per heavy atom. The standard InChI is InChI=1S/C11H15BrN2O2S/c1-2-5-13-9(11(15)16)7-17-10-8(12)4-3-6-14-10/h3-4,6,9,13H,2,5,7H2,1H3,(H,15,16). The topological polar surface area (TPSA) is 62.2 Å².